The van der Waals surface area contributed by atoms with Gasteiger partial charge in [-0.1, -0.05) is 12.8 Å². The second kappa shape index (κ2) is 3.46. The van der Waals surface area contributed by atoms with E-state index >= 15 is 0 Å². The third-order valence-electron chi connectivity index (χ3n) is 2.07. The van der Waals surface area contributed by atoms with Crippen LogP contribution in [0.1, 0.15) is 25.7 Å². The molecule has 0 saturated heterocycles. The summed E-state index contributed by atoms with van der Waals surface area (Å²) >= 11 is -2.02. The average Bonchev–Trinajstić information content (AvgIpc) is 2.36. The molecule has 1 atom stereocenters. The second-order valence-electron chi connectivity index (χ2n) is 2.70. The quantitative estimate of drug-likeness (QED) is 0.560. The molecule has 0 aromatic heterocycles. The van der Waals surface area contributed by atoms with Crippen molar-refractivity contribution in [2.45, 2.75) is 31.7 Å². The van der Waals surface area contributed by atoms with E-state index in [-0.39, 0.29) is 6.04 Å². The van der Waals surface area contributed by atoms with Crippen molar-refractivity contribution in [3.63, 3.8) is 0 Å². The zero-order valence-corrected chi connectivity index (χ0v) is 6.89. The Morgan fingerprint density at radius 2 is 2.00 bits per heavy atom. The Balaban J connectivity index is 2.39. The van der Waals surface area contributed by atoms with Crippen LogP contribution in [-0.2, 0) is 11.3 Å². The van der Waals surface area contributed by atoms with Crippen molar-refractivity contribution in [3.8, 4) is 0 Å². The minimum atomic E-state index is -2.02. The normalized spacial score (nSPS) is 23.9. The first-order valence-corrected chi connectivity index (χ1v) is 4.57. The number of rotatable bonds is 2. The monoisotopic (exact) mass is 162 g/mol. The molecular formula is C6H12NO2S-. The summed E-state index contributed by atoms with van der Waals surface area (Å²) in [5.74, 6) is 0. The summed E-state index contributed by atoms with van der Waals surface area (Å²) in [6, 6.07) is 0.276. The van der Waals surface area contributed by atoms with Gasteiger partial charge in [0.2, 0.25) is 0 Å². The van der Waals surface area contributed by atoms with Crippen LogP contribution >= 0.6 is 0 Å². The number of hydrogen-bond acceptors (Lipinski definition) is 2. The topological polar surface area (TPSA) is 43.4 Å². The Kier molecular flexibility index (Phi) is 2.82. The molecule has 0 radical (unpaired) electrons. The molecule has 0 aliphatic heterocycles. The standard InChI is InChI=1S/C6H13NO2S/c1-7(10(8)9)6-4-2-3-5-6/h6H,2-5H2,1H3,(H,8,9)/p-1. The molecule has 4 heteroatoms. The average molecular weight is 162 g/mol. The van der Waals surface area contributed by atoms with Gasteiger partial charge in [0.05, 0.1) is 0 Å². The van der Waals surface area contributed by atoms with Gasteiger partial charge in [-0.05, 0) is 19.9 Å². The van der Waals surface area contributed by atoms with Gasteiger partial charge in [-0.15, -0.1) is 0 Å². The zero-order chi connectivity index (χ0) is 7.56. The molecule has 0 spiro atoms. The minimum Gasteiger partial charge on any atom is -0.760 e. The molecule has 1 unspecified atom stereocenters. The van der Waals surface area contributed by atoms with E-state index in [1.807, 2.05) is 0 Å². The van der Waals surface area contributed by atoms with Gasteiger partial charge in [0.15, 0.2) is 0 Å². The molecule has 1 aliphatic carbocycles. The summed E-state index contributed by atoms with van der Waals surface area (Å²) in [5.41, 5.74) is 0. The van der Waals surface area contributed by atoms with Gasteiger partial charge in [-0.2, -0.15) is 0 Å². The summed E-state index contributed by atoms with van der Waals surface area (Å²) in [6.07, 6.45) is 4.41. The molecule has 1 fully saturated rings. The Morgan fingerprint density at radius 1 is 1.50 bits per heavy atom. The summed E-state index contributed by atoms with van der Waals surface area (Å²) < 4.78 is 22.2. The molecule has 3 nitrogen and oxygen atoms in total. The first-order valence-electron chi connectivity index (χ1n) is 3.54. The van der Waals surface area contributed by atoms with Crippen molar-refractivity contribution < 1.29 is 8.76 Å². The summed E-state index contributed by atoms with van der Waals surface area (Å²) in [7, 11) is 1.64. The highest BCUT2D eigenvalue weighted by Crippen LogP contribution is 2.22. The van der Waals surface area contributed by atoms with Crippen LogP contribution in [0.3, 0.4) is 0 Å². The van der Waals surface area contributed by atoms with E-state index < -0.39 is 11.3 Å². The highest BCUT2D eigenvalue weighted by atomic mass is 32.2. The van der Waals surface area contributed by atoms with Crippen LogP contribution in [0.2, 0.25) is 0 Å². The number of hydrogen-bond donors (Lipinski definition) is 0. The molecule has 10 heavy (non-hydrogen) atoms. The summed E-state index contributed by atoms with van der Waals surface area (Å²) in [4.78, 5) is 0. The SMILES string of the molecule is CN(C1CCCC1)S(=O)[O-]. The zero-order valence-electron chi connectivity index (χ0n) is 6.08. The third-order valence-corrected chi connectivity index (χ3v) is 2.84. The van der Waals surface area contributed by atoms with E-state index in [1.165, 1.54) is 17.1 Å². The van der Waals surface area contributed by atoms with Crippen LogP contribution in [0.15, 0.2) is 0 Å². The molecule has 1 saturated carbocycles. The Bertz CT molecular complexity index is 134. The van der Waals surface area contributed by atoms with Crippen LogP contribution in [-0.4, -0.2) is 26.2 Å². The maximum atomic E-state index is 10.4. The number of nitrogens with zero attached hydrogens (tertiary/aromatic N) is 1. The lowest BCUT2D eigenvalue weighted by Crippen LogP contribution is -2.30. The van der Waals surface area contributed by atoms with Crippen molar-refractivity contribution >= 4 is 11.3 Å². The molecule has 1 aliphatic rings. The van der Waals surface area contributed by atoms with E-state index in [0.717, 1.165) is 12.8 Å². The molecule has 60 valence electrons. The second-order valence-corrected chi connectivity index (χ2v) is 3.71. The molecule has 0 amide bonds. The van der Waals surface area contributed by atoms with E-state index in [1.54, 1.807) is 7.05 Å². The molecule has 0 aromatic carbocycles. The van der Waals surface area contributed by atoms with Gasteiger partial charge in [0.25, 0.3) is 0 Å². The Labute approximate surface area is 63.8 Å². The van der Waals surface area contributed by atoms with Gasteiger partial charge < -0.3 is 4.55 Å². The lowest BCUT2D eigenvalue weighted by atomic mass is 10.3. The smallest absolute Gasteiger partial charge is 0.0212 e. The van der Waals surface area contributed by atoms with Crippen molar-refractivity contribution in [1.29, 1.82) is 0 Å². The van der Waals surface area contributed by atoms with Gasteiger partial charge in [-0.3, -0.25) is 4.21 Å². The van der Waals surface area contributed by atoms with Gasteiger partial charge in [0.1, 0.15) is 0 Å². The third kappa shape index (κ3) is 1.78. The van der Waals surface area contributed by atoms with E-state index in [9.17, 15) is 8.76 Å². The van der Waals surface area contributed by atoms with Crippen LogP contribution < -0.4 is 0 Å². The van der Waals surface area contributed by atoms with Crippen molar-refractivity contribution in [3.05, 3.63) is 0 Å². The van der Waals surface area contributed by atoms with E-state index in [0.29, 0.717) is 0 Å². The van der Waals surface area contributed by atoms with E-state index in [2.05, 4.69) is 0 Å². The highest BCUT2D eigenvalue weighted by molar-refractivity contribution is 7.76. The predicted octanol–water partition coefficient (Wildman–Crippen LogP) is 0.655. The highest BCUT2D eigenvalue weighted by Gasteiger charge is 2.19. The van der Waals surface area contributed by atoms with Gasteiger partial charge >= 0.3 is 0 Å². The van der Waals surface area contributed by atoms with Crippen LogP contribution in [0.4, 0.5) is 0 Å². The van der Waals surface area contributed by atoms with Gasteiger partial charge in [-0.25, -0.2) is 4.31 Å². The van der Waals surface area contributed by atoms with E-state index in [4.69, 9.17) is 0 Å². The maximum Gasteiger partial charge on any atom is 0.0212 e. The first-order chi connectivity index (χ1) is 4.72. The van der Waals surface area contributed by atoms with Crippen molar-refractivity contribution in [2.75, 3.05) is 7.05 Å². The lowest BCUT2D eigenvalue weighted by Gasteiger charge is -2.25. The Hall–Kier alpha value is 0.0700. The van der Waals surface area contributed by atoms with Crippen LogP contribution in [0.25, 0.3) is 0 Å². The minimum absolute atomic E-state index is 0.276. The summed E-state index contributed by atoms with van der Waals surface area (Å²) in [6.45, 7) is 0. The summed E-state index contributed by atoms with van der Waals surface area (Å²) in [5, 5.41) is 0. The fraction of sp³-hybridized carbons (Fsp3) is 1.00. The first kappa shape index (κ1) is 8.17. The largest absolute Gasteiger partial charge is 0.760 e. The fourth-order valence-electron chi connectivity index (χ4n) is 1.39. The molecule has 0 bridgehead atoms. The molecule has 0 N–H and O–H groups in total. The predicted molar refractivity (Wildman–Crippen MR) is 38.9 cm³/mol. The molecular weight excluding hydrogens is 150 g/mol. The molecule has 0 heterocycles. The van der Waals surface area contributed by atoms with Crippen molar-refractivity contribution in [2.24, 2.45) is 0 Å². The van der Waals surface area contributed by atoms with Crippen LogP contribution in [0.5, 0.6) is 0 Å². The van der Waals surface area contributed by atoms with Crippen LogP contribution in [0, 0.1) is 0 Å². The van der Waals surface area contributed by atoms with Gasteiger partial charge in [0, 0.05) is 17.3 Å². The fourth-order valence-corrected chi connectivity index (χ4v) is 1.84. The van der Waals surface area contributed by atoms with Crippen molar-refractivity contribution in [1.82, 2.24) is 4.31 Å². The Morgan fingerprint density at radius 3 is 2.40 bits per heavy atom. The molecule has 1 rings (SSSR count). The lowest BCUT2D eigenvalue weighted by molar-refractivity contribution is 0.356. The molecule has 0 aromatic rings. The maximum absolute atomic E-state index is 10.4.